The lowest BCUT2D eigenvalue weighted by Crippen LogP contribution is -2.46. The van der Waals surface area contributed by atoms with Crippen LogP contribution in [0.5, 0.6) is 0 Å². The second-order valence-electron chi connectivity index (χ2n) is 5.76. The summed E-state index contributed by atoms with van der Waals surface area (Å²) in [5.74, 6) is 0. The van der Waals surface area contributed by atoms with Gasteiger partial charge in [-0.1, -0.05) is 55.5 Å². The van der Waals surface area contributed by atoms with E-state index in [9.17, 15) is 0 Å². The van der Waals surface area contributed by atoms with Crippen LogP contribution in [0, 0.1) is 0 Å². The highest BCUT2D eigenvalue weighted by atomic mass is 15.3. The molecule has 114 valence electrons. The molecule has 0 aromatic heterocycles. The Morgan fingerprint density at radius 3 is 2.38 bits per heavy atom. The molecule has 0 N–H and O–H groups in total. The molecule has 0 bridgehead atoms. The molecule has 1 aromatic carbocycles. The zero-order valence-corrected chi connectivity index (χ0v) is 13.6. The van der Waals surface area contributed by atoms with E-state index >= 15 is 0 Å². The first-order valence-corrected chi connectivity index (χ1v) is 8.06. The zero-order valence-electron chi connectivity index (χ0n) is 13.6. The van der Waals surface area contributed by atoms with Crippen LogP contribution in [0.15, 0.2) is 54.1 Å². The summed E-state index contributed by atoms with van der Waals surface area (Å²) < 4.78 is 0. The van der Waals surface area contributed by atoms with E-state index in [1.54, 1.807) is 0 Å². The van der Waals surface area contributed by atoms with Gasteiger partial charge in [-0.25, -0.2) is 0 Å². The van der Waals surface area contributed by atoms with Crippen molar-refractivity contribution < 1.29 is 0 Å². The van der Waals surface area contributed by atoms with Crippen LogP contribution in [0.1, 0.15) is 31.9 Å². The van der Waals surface area contributed by atoms with Crippen LogP contribution >= 0.6 is 0 Å². The van der Waals surface area contributed by atoms with Crippen LogP contribution in [-0.4, -0.2) is 43.0 Å². The molecule has 1 aliphatic rings. The molecule has 0 amide bonds. The second-order valence-corrected chi connectivity index (χ2v) is 5.76. The summed E-state index contributed by atoms with van der Waals surface area (Å²) in [5, 5.41) is 0. The summed E-state index contributed by atoms with van der Waals surface area (Å²) in [7, 11) is 2.21. The van der Waals surface area contributed by atoms with Crippen molar-refractivity contribution in [2.75, 3.05) is 33.2 Å². The average Bonchev–Trinajstić information content (AvgIpc) is 2.51. The summed E-state index contributed by atoms with van der Waals surface area (Å²) in [6, 6.07) is 11.3. The van der Waals surface area contributed by atoms with Crippen LogP contribution in [-0.2, 0) is 0 Å². The van der Waals surface area contributed by atoms with Crippen molar-refractivity contribution in [3.63, 3.8) is 0 Å². The van der Waals surface area contributed by atoms with Gasteiger partial charge in [-0.05, 0) is 31.5 Å². The third-order valence-corrected chi connectivity index (χ3v) is 4.13. The Labute approximate surface area is 129 Å². The lowest BCUT2D eigenvalue weighted by atomic mass is 9.95. The fourth-order valence-corrected chi connectivity index (χ4v) is 3.03. The van der Waals surface area contributed by atoms with Gasteiger partial charge in [0.05, 0.1) is 6.04 Å². The van der Waals surface area contributed by atoms with Crippen molar-refractivity contribution in [2.45, 2.75) is 26.3 Å². The van der Waals surface area contributed by atoms with E-state index in [-0.39, 0.29) is 0 Å². The number of piperazine rings is 1. The second kappa shape index (κ2) is 8.16. The quantitative estimate of drug-likeness (QED) is 0.757. The molecule has 2 nitrogen and oxygen atoms in total. The van der Waals surface area contributed by atoms with Gasteiger partial charge in [0, 0.05) is 26.2 Å². The maximum absolute atomic E-state index is 2.62. The summed E-state index contributed by atoms with van der Waals surface area (Å²) >= 11 is 0. The lowest BCUT2D eigenvalue weighted by molar-refractivity contribution is 0.127. The predicted octanol–water partition coefficient (Wildman–Crippen LogP) is 3.89. The number of hydrogen-bond acceptors (Lipinski definition) is 2. The normalized spacial score (nSPS) is 20.0. The van der Waals surface area contributed by atoms with E-state index in [0.717, 1.165) is 32.6 Å². The maximum Gasteiger partial charge on any atom is 0.0599 e. The van der Waals surface area contributed by atoms with E-state index in [0.29, 0.717) is 6.04 Å². The Bertz CT molecular complexity index is 468. The fourth-order valence-electron chi connectivity index (χ4n) is 3.03. The minimum atomic E-state index is 0.385. The number of rotatable bonds is 5. The average molecular weight is 284 g/mol. The van der Waals surface area contributed by atoms with E-state index in [4.69, 9.17) is 0 Å². The van der Waals surface area contributed by atoms with Gasteiger partial charge >= 0.3 is 0 Å². The highest BCUT2D eigenvalue weighted by molar-refractivity contribution is 5.34. The molecule has 0 saturated carbocycles. The molecule has 1 atom stereocenters. The number of likely N-dealkylation sites (N-methyl/N-ethyl adjacent to an activating group) is 1. The highest BCUT2D eigenvalue weighted by Gasteiger charge is 2.25. The van der Waals surface area contributed by atoms with E-state index < -0.39 is 0 Å². The molecule has 21 heavy (non-hydrogen) atoms. The number of allylic oxidation sites excluding steroid dienone is 2. The number of nitrogens with zero attached hydrogens (tertiary/aromatic N) is 2. The first kappa shape index (κ1) is 16.0. The number of hydrogen-bond donors (Lipinski definition) is 0. The van der Waals surface area contributed by atoms with Crippen molar-refractivity contribution in [3.8, 4) is 0 Å². The summed E-state index contributed by atoms with van der Waals surface area (Å²) in [5.41, 5.74) is 2.83. The Kier molecular flexibility index (Phi) is 6.21. The molecule has 0 spiro atoms. The Balaban J connectivity index is 2.32. The van der Waals surface area contributed by atoms with E-state index in [1.165, 1.54) is 11.1 Å². The van der Waals surface area contributed by atoms with Gasteiger partial charge in [0.2, 0.25) is 0 Å². The third kappa shape index (κ3) is 4.29. The van der Waals surface area contributed by atoms with Gasteiger partial charge in [-0.2, -0.15) is 0 Å². The first-order chi connectivity index (χ1) is 10.3. The lowest BCUT2D eigenvalue weighted by Gasteiger charge is -2.39. The molecule has 1 unspecified atom stereocenters. The molecule has 2 heteroatoms. The highest BCUT2D eigenvalue weighted by Crippen LogP contribution is 2.30. The molecule has 1 aromatic rings. The van der Waals surface area contributed by atoms with Gasteiger partial charge in [0.1, 0.15) is 0 Å². The molecular weight excluding hydrogens is 256 g/mol. The van der Waals surface area contributed by atoms with Crippen molar-refractivity contribution in [1.29, 1.82) is 0 Å². The van der Waals surface area contributed by atoms with Gasteiger partial charge in [-0.3, -0.25) is 4.90 Å². The maximum atomic E-state index is 2.62. The van der Waals surface area contributed by atoms with Gasteiger partial charge < -0.3 is 4.90 Å². The SMILES string of the molecule is C/C=C\C(=C/CC)C(c1ccccc1)N1CCN(C)CC1. The van der Waals surface area contributed by atoms with Crippen LogP contribution < -0.4 is 0 Å². The Morgan fingerprint density at radius 1 is 1.14 bits per heavy atom. The van der Waals surface area contributed by atoms with Crippen molar-refractivity contribution in [2.24, 2.45) is 0 Å². The number of benzene rings is 1. The van der Waals surface area contributed by atoms with Gasteiger partial charge in [0.15, 0.2) is 0 Å². The van der Waals surface area contributed by atoms with Crippen molar-refractivity contribution >= 4 is 0 Å². The molecule has 0 aliphatic carbocycles. The predicted molar refractivity (Wildman–Crippen MR) is 91.4 cm³/mol. The van der Waals surface area contributed by atoms with Crippen LogP contribution in [0.25, 0.3) is 0 Å². The minimum Gasteiger partial charge on any atom is -0.304 e. The molecular formula is C19H28N2. The summed E-state index contributed by atoms with van der Waals surface area (Å²) in [4.78, 5) is 5.04. The first-order valence-electron chi connectivity index (χ1n) is 8.06. The topological polar surface area (TPSA) is 6.48 Å². The standard InChI is InChI=1S/C19H28N2/c1-4-9-17(10-5-2)19(18-11-7-6-8-12-18)21-15-13-20(3)14-16-21/h4,6-12,19H,5,13-16H2,1-3H3/b9-4-,17-10+. The molecule has 1 saturated heterocycles. The minimum absolute atomic E-state index is 0.385. The molecule has 1 aliphatic heterocycles. The largest absolute Gasteiger partial charge is 0.304 e. The third-order valence-electron chi connectivity index (χ3n) is 4.13. The zero-order chi connectivity index (χ0) is 15.1. The molecule has 1 heterocycles. The van der Waals surface area contributed by atoms with E-state index in [1.807, 2.05) is 0 Å². The molecule has 1 fully saturated rings. The van der Waals surface area contributed by atoms with Crippen molar-refractivity contribution in [3.05, 3.63) is 59.7 Å². The summed E-state index contributed by atoms with van der Waals surface area (Å²) in [6.07, 6.45) is 7.89. The fraction of sp³-hybridized carbons (Fsp3) is 0.474. The van der Waals surface area contributed by atoms with E-state index in [2.05, 4.69) is 79.3 Å². The van der Waals surface area contributed by atoms with Gasteiger partial charge in [-0.15, -0.1) is 0 Å². The Hall–Kier alpha value is -1.38. The van der Waals surface area contributed by atoms with Crippen molar-refractivity contribution in [1.82, 2.24) is 9.80 Å². The molecule has 2 rings (SSSR count). The molecule has 0 radical (unpaired) electrons. The Morgan fingerprint density at radius 2 is 1.81 bits per heavy atom. The van der Waals surface area contributed by atoms with Crippen LogP contribution in [0.3, 0.4) is 0 Å². The van der Waals surface area contributed by atoms with Gasteiger partial charge in [0.25, 0.3) is 0 Å². The smallest absolute Gasteiger partial charge is 0.0599 e. The van der Waals surface area contributed by atoms with Crippen LogP contribution in [0.4, 0.5) is 0 Å². The van der Waals surface area contributed by atoms with Crippen LogP contribution in [0.2, 0.25) is 0 Å². The summed E-state index contributed by atoms with van der Waals surface area (Å²) in [6.45, 7) is 8.89. The monoisotopic (exact) mass is 284 g/mol.